The number of nitrogens with one attached hydrogen (secondary N) is 2. The number of hydrogen-bond donors (Lipinski definition) is 2. The summed E-state index contributed by atoms with van der Waals surface area (Å²) in [6, 6.07) is 0. The van der Waals surface area contributed by atoms with Gasteiger partial charge in [-0.25, -0.2) is 0 Å². The van der Waals surface area contributed by atoms with Crippen LogP contribution < -0.4 is 11.0 Å². The van der Waals surface area contributed by atoms with Gasteiger partial charge in [-0.1, -0.05) is 0 Å². The van der Waals surface area contributed by atoms with E-state index in [1.165, 1.54) is 0 Å². The van der Waals surface area contributed by atoms with Crippen LogP contribution in [0.1, 0.15) is 0 Å². The molecule has 0 spiro atoms. The van der Waals surface area contributed by atoms with Crippen molar-refractivity contribution in [2.75, 3.05) is 7.05 Å². The Balaban J connectivity index is 0.000000222. The predicted molar refractivity (Wildman–Crippen MR) is 34.4 cm³/mol. The van der Waals surface area contributed by atoms with E-state index < -0.39 is 0 Å². The van der Waals surface area contributed by atoms with Crippen LogP contribution >= 0.6 is 0 Å². The van der Waals surface area contributed by atoms with Gasteiger partial charge in [-0.3, -0.25) is 5.01 Å². The first-order valence-electron chi connectivity index (χ1n) is 2.30. The van der Waals surface area contributed by atoms with E-state index in [2.05, 4.69) is 24.1 Å². The summed E-state index contributed by atoms with van der Waals surface area (Å²) in [4.78, 5) is 0. The van der Waals surface area contributed by atoms with Crippen LogP contribution in [0.2, 0.25) is 0 Å². The van der Waals surface area contributed by atoms with Gasteiger partial charge in [0, 0.05) is 19.4 Å². The summed E-state index contributed by atoms with van der Waals surface area (Å²) in [6.45, 7) is 6.00. The molecule has 0 aliphatic carbocycles. The van der Waals surface area contributed by atoms with Crippen LogP contribution in [0.5, 0.6) is 0 Å². The summed E-state index contributed by atoms with van der Waals surface area (Å²) in [5.74, 6) is 0. The summed E-state index contributed by atoms with van der Waals surface area (Å²) in [5, 5.41) is 1.82. The van der Waals surface area contributed by atoms with Crippen LogP contribution in [0.4, 0.5) is 0 Å². The largest absolute Gasteiger partial charge is 0.310 e. The first-order valence-corrected chi connectivity index (χ1v) is 2.30. The Morgan fingerprint density at radius 2 is 2.12 bits per heavy atom. The van der Waals surface area contributed by atoms with Crippen LogP contribution in [0.15, 0.2) is 25.6 Å². The SMILES string of the molecule is C=C.CN1C=CNN1. The Bertz CT molecular complexity index is 79.7. The molecule has 8 heavy (non-hydrogen) atoms. The van der Waals surface area contributed by atoms with Crippen molar-refractivity contribution in [3.05, 3.63) is 25.6 Å². The fraction of sp³-hybridized carbons (Fsp3) is 0.200. The molecule has 0 aromatic heterocycles. The number of hydrogen-bond acceptors (Lipinski definition) is 3. The minimum atomic E-state index is 1.82. The Morgan fingerprint density at radius 3 is 2.25 bits per heavy atom. The minimum absolute atomic E-state index is 1.82. The van der Waals surface area contributed by atoms with Crippen LogP contribution in [0.3, 0.4) is 0 Å². The minimum Gasteiger partial charge on any atom is -0.310 e. The fourth-order valence-corrected chi connectivity index (χ4v) is 0.325. The highest BCUT2D eigenvalue weighted by molar-refractivity contribution is 4.79. The fourth-order valence-electron chi connectivity index (χ4n) is 0.325. The molecule has 0 unspecified atom stereocenters. The molecule has 0 aromatic carbocycles. The van der Waals surface area contributed by atoms with Crippen molar-refractivity contribution < 1.29 is 0 Å². The highest BCUT2D eigenvalue weighted by atomic mass is 15.7. The van der Waals surface area contributed by atoms with Crippen molar-refractivity contribution in [1.82, 2.24) is 16.0 Å². The number of hydrazine groups is 2. The van der Waals surface area contributed by atoms with Crippen LogP contribution in [0.25, 0.3) is 0 Å². The van der Waals surface area contributed by atoms with Gasteiger partial charge in [0.1, 0.15) is 0 Å². The molecule has 46 valence electrons. The molecule has 0 radical (unpaired) electrons. The third kappa shape index (κ3) is 2.25. The lowest BCUT2D eigenvalue weighted by molar-refractivity contribution is 0.329. The highest BCUT2D eigenvalue weighted by Gasteiger charge is 1.88. The molecule has 0 fully saturated rings. The van der Waals surface area contributed by atoms with E-state index in [0.29, 0.717) is 0 Å². The normalized spacial score (nSPS) is 14.4. The molecule has 0 bridgehead atoms. The topological polar surface area (TPSA) is 27.3 Å². The van der Waals surface area contributed by atoms with Crippen molar-refractivity contribution >= 4 is 0 Å². The van der Waals surface area contributed by atoms with Crippen LogP contribution in [-0.2, 0) is 0 Å². The van der Waals surface area contributed by atoms with Crippen LogP contribution in [-0.4, -0.2) is 12.1 Å². The molecule has 1 aliphatic heterocycles. The first kappa shape index (κ1) is 7.04. The van der Waals surface area contributed by atoms with E-state index in [-0.39, 0.29) is 0 Å². The Labute approximate surface area is 49.6 Å². The molecule has 3 nitrogen and oxygen atoms in total. The van der Waals surface area contributed by atoms with Crippen LogP contribution in [0, 0.1) is 0 Å². The second kappa shape index (κ2) is 4.21. The third-order valence-electron chi connectivity index (χ3n) is 0.622. The van der Waals surface area contributed by atoms with Gasteiger partial charge in [-0.05, 0) is 0 Å². The summed E-state index contributed by atoms with van der Waals surface area (Å²) in [6.07, 6.45) is 3.71. The van der Waals surface area contributed by atoms with Gasteiger partial charge in [0.05, 0.1) is 0 Å². The van der Waals surface area contributed by atoms with E-state index in [0.717, 1.165) is 0 Å². The summed E-state index contributed by atoms with van der Waals surface area (Å²) in [7, 11) is 1.91. The van der Waals surface area contributed by atoms with Gasteiger partial charge in [0.15, 0.2) is 0 Å². The Kier molecular flexibility index (Phi) is 3.70. The van der Waals surface area contributed by atoms with E-state index in [4.69, 9.17) is 0 Å². The van der Waals surface area contributed by atoms with Gasteiger partial charge >= 0.3 is 0 Å². The molecule has 2 N–H and O–H groups in total. The molecule has 1 rings (SSSR count). The highest BCUT2D eigenvalue weighted by Crippen LogP contribution is 1.77. The van der Waals surface area contributed by atoms with E-state index in [9.17, 15) is 0 Å². The lowest BCUT2D eigenvalue weighted by atomic mass is 10.9. The summed E-state index contributed by atoms with van der Waals surface area (Å²) < 4.78 is 0. The van der Waals surface area contributed by atoms with Gasteiger partial charge in [0.2, 0.25) is 0 Å². The zero-order valence-corrected chi connectivity index (χ0v) is 5.02. The summed E-state index contributed by atoms with van der Waals surface area (Å²) in [5.41, 5.74) is 5.56. The zero-order chi connectivity index (χ0) is 6.41. The van der Waals surface area contributed by atoms with Crippen molar-refractivity contribution in [2.45, 2.75) is 0 Å². The lowest BCUT2D eigenvalue weighted by Gasteiger charge is -2.04. The van der Waals surface area contributed by atoms with E-state index >= 15 is 0 Å². The van der Waals surface area contributed by atoms with E-state index in [1.54, 1.807) is 0 Å². The predicted octanol–water partition coefficient (Wildman–Crippen LogP) is 0.214. The van der Waals surface area contributed by atoms with Gasteiger partial charge < -0.3 is 5.43 Å². The van der Waals surface area contributed by atoms with Crippen molar-refractivity contribution in [3.63, 3.8) is 0 Å². The quantitative estimate of drug-likeness (QED) is 0.440. The second-order valence-corrected chi connectivity index (χ2v) is 1.18. The molecule has 0 atom stereocenters. The first-order chi connectivity index (χ1) is 3.89. The maximum Gasteiger partial charge on any atom is 0.0344 e. The second-order valence-electron chi connectivity index (χ2n) is 1.18. The molecule has 3 heteroatoms. The molecule has 0 amide bonds. The molecular weight excluding hydrogens is 102 g/mol. The van der Waals surface area contributed by atoms with Gasteiger partial charge in [-0.15, -0.1) is 18.7 Å². The molecular formula is C5H11N3. The Morgan fingerprint density at radius 1 is 1.50 bits per heavy atom. The lowest BCUT2D eigenvalue weighted by Crippen LogP contribution is -2.31. The average Bonchev–Trinajstić information content (AvgIpc) is 2.24. The van der Waals surface area contributed by atoms with E-state index in [1.807, 2.05) is 24.5 Å². The number of rotatable bonds is 0. The maximum atomic E-state index is 3.00. The standard InChI is InChI=1S/C3H7N3.C2H4/c1-6-3-2-4-5-6;1-2/h2-5H,1H3;1-2H2. The van der Waals surface area contributed by atoms with Gasteiger partial charge in [-0.2, -0.15) is 0 Å². The van der Waals surface area contributed by atoms with Crippen molar-refractivity contribution in [1.29, 1.82) is 0 Å². The molecule has 1 aliphatic rings. The van der Waals surface area contributed by atoms with Crippen molar-refractivity contribution in [3.8, 4) is 0 Å². The average molecular weight is 113 g/mol. The monoisotopic (exact) mass is 113 g/mol. The molecule has 1 heterocycles. The third-order valence-corrected chi connectivity index (χ3v) is 0.622. The molecule has 0 saturated heterocycles. The smallest absolute Gasteiger partial charge is 0.0344 e. The number of nitrogens with zero attached hydrogens (tertiary/aromatic N) is 1. The molecule has 0 saturated carbocycles. The zero-order valence-electron chi connectivity index (χ0n) is 5.02. The van der Waals surface area contributed by atoms with Crippen molar-refractivity contribution in [2.24, 2.45) is 0 Å². The summed E-state index contributed by atoms with van der Waals surface area (Å²) >= 11 is 0. The Hall–Kier alpha value is -0.960. The van der Waals surface area contributed by atoms with Gasteiger partial charge in [0.25, 0.3) is 0 Å². The molecule has 0 aromatic rings. The maximum absolute atomic E-state index is 3.00.